The Balaban J connectivity index is 2.27. The molecule has 0 bridgehead atoms. The molecular weight excluding hydrogens is 283 g/mol. The molecule has 1 amide bonds. The molecule has 1 heterocycles. The summed E-state index contributed by atoms with van der Waals surface area (Å²) in [7, 11) is 0. The average Bonchev–Trinajstić information content (AvgIpc) is 2.92. The zero-order chi connectivity index (χ0) is 13.8. The molecule has 1 saturated carbocycles. The van der Waals surface area contributed by atoms with Gasteiger partial charge in [-0.1, -0.05) is 42.1 Å². The minimum absolute atomic E-state index is 0.167. The molecule has 0 radical (unpaired) electrons. The van der Waals surface area contributed by atoms with Gasteiger partial charge in [-0.2, -0.15) is 0 Å². The molecule has 0 aliphatic heterocycles. The van der Waals surface area contributed by atoms with Crippen LogP contribution in [0.5, 0.6) is 0 Å². The molecule has 0 aromatic carbocycles. The van der Waals surface area contributed by atoms with Crippen molar-refractivity contribution < 1.29 is 4.79 Å². The zero-order valence-electron chi connectivity index (χ0n) is 10.6. The van der Waals surface area contributed by atoms with E-state index in [1.54, 1.807) is 23.1 Å². The maximum atomic E-state index is 12.6. The second-order valence-corrected chi connectivity index (χ2v) is 5.44. The van der Waals surface area contributed by atoms with Gasteiger partial charge in [0.25, 0.3) is 5.91 Å². The largest absolute Gasteiger partial charge is 0.331 e. The Morgan fingerprint density at radius 1 is 1.42 bits per heavy atom. The van der Waals surface area contributed by atoms with Crippen molar-refractivity contribution in [1.82, 2.24) is 9.88 Å². The van der Waals surface area contributed by atoms with Gasteiger partial charge in [-0.3, -0.25) is 4.79 Å². The van der Waals surface area contributed by atoms with Crippen LogP contribution in [-0.2, 0) is 0 Å². The second-order valence-electron chi connectivity index (χ2n) is 4.65. The number of amides is 1. The number of rotatable bonds is 4. The van der Waals surface area contributed by atoms with E-state index in [-0.39, 0.29) is 22.8 Å². The summed E-state index contributed by atoms with van der Waals surface area (Å²) in [6, 6.07) is 3.43. The summed E-state index contributed by atoms with van der Waals surface area (Å²) in [6.45, 7) is 4.22. The Morgan fingerprint density at radius 3 is 2.74 bits per heavy atom. The maximum Gasteiger partial charge on any atom is 0.274 e. The number of pyridine rings is 1. The third-order valence-corrected chi connectivity index (χ3v) is 3.88. The molecule has 0 N–H and O–H groups in total. The van der Waals surface area contributed by atoms with Gasteiger partial charge in [0.05, 0.1) is 5.02 Å². The first-order valence-corrected chi connectivity index (χ1v) is 7.13. The van der Waals surface area contributed by atoms with Gasteiger partial charge in [0, 0.05) is 12.6 Å². The lowest BCUT2D eigenvalue weighted by Gasteiger charge is -2.27. The Labute approximate surface area is 123 Å². The summed E-state index contributed by atoms with van der Waals surface area (Å²) in [5.41, 5.74) is 0.225. The molecular formula is C14H16Cl2N2O. The first kappa shape index (κ1) is 14.4. The molecule has 1 aliphatic carbocycles. The van der Waals surface area contributed by atoms with Crippen LogP contribution in [0.2, 0.25) is 10.2 Å². The van der Waals surface area contributed by atoms with Gasteiger partial charge >= 0.3 is 0 Å². The lowest BCUT2D eigenvalue weighted by atomic mass is 10.2. The molecule has 0 atom stereocenters. The third kappa shape index (κ3) is 3.28. The molecule has 2 rings (SSSR count). The predicted molar refractivity (Wildman–Crippen MR) is 77.7 cm³/mol. The zero-order valence-corrected chi connectivity index (χ0v) is 12.1. The van der Waals surface area contributed by atoms with Crippen LogP contribution in [-0.4, -0.2) is 28.4 Å². The number of halogens is 2. The molecule has 1 aromatic heterocycles. The number of nitrogens with zero attached hydrogens (tertiary/aromatic N) is 2. The van der Waals surface area contributed by atoms with E-state index in [0.717, 1.165) is 25.7 Å². The van der Waals surface area contributed by atoms with Crippen molar-refractivity contribution in [1.29, 1.82) is 0 Å². The number of hydrogen-bond acceptors (Lipinski definition) is 2. The number of aromatic nitrogens is 1. The first-order valence-electron chi connectivity index (χ1n) is 6.37. The summed E-state index contributed by atoms with van der Waals surface area (Å²) < 4.78 is 0. The van der Waals surface area contributed by atoms with E-state index in [2.05, 4.69) is 11.6 Å². The minimum atomic E-state index is -0.167. The van der Waals surface area contributed by atoms with Crippen molar-refractivity contribution in [3.05, 3.63) is 40.7 Å². The molecule has 0 saturated heterocycles. The Morgan fingerprint density at radius 2 is 2.11 bits per heavy atom. The summed E-state index contributed by atoms with van der Waals surface area (Å²) in [5, 5.41) is 0.610. The van der Waals surface area contributed by atoms with Gasteiger partial charge in [-0.15, -0.1) is 6.58 Å². The van der Waals surface area contributed by atoms with Crippen LogP contribution in [0.25, 0.3) is 0 Å². The van der Waals surface area contributed by atoms with Crippen molar-refractivity contribution in [3.8, 4) is 0 Å². The van der Waals surface area contributed by atoms with Crippen molar-refractivity contribution in [2.75, 3.05) is 6.54 Å². The van der Waals surface area contributed by atoms with Gasteiger partial charge in [0.15, 0.2) is 0 Å². The highest BCUT2D eigenvalue weighted by Gasteiger charge is 2.28. The minimum Gasteiger partial charge on any atom is -0.331 e. The summed E-state index contributed by atoms with van der Waals surface area (Å²) in [4.78, 5) is 18.4. The Bertz CT molecular complexity index is 484. The van der Waals surface area contributed by atoms with Crippen molar-refractivity contribution in [2.24, 2.45) is 0 Å². The first-order chi connectivity index (χ1) is 9.13. The topological polar surface area (TPSA) is 33.2 Å². The van der Waals surface area contributed by atoms with Crippen molar-refractivity contribution in [3.63, 3.8) is 0 Å². The molecule has 1 aromatic rings. The smallest absolute Gasteiger partial charge is 0.274 e. The molecule has 0 unspecified atom stereocenters. The van der Waals surface area contributed by atoms with Gasteiger partial charge in [0.2, 0.25) is 0 Å². The van der Waals surface area contributed by atoms with Gasteiger partial charge in [0.1, 0.15) is 10.8 Å². The van der Waals surface area contributed by atoms with E-state index in [0.29, 0.717) is 11.6 Å². The van der Waals surface area contributed by atoms with Crippen LogP contribution < -0.4 is 0 Å². The van der Waals surface area contributed by atoms with Crippen LogP contribution in [0.4, 0.5) is 0 Å². The fourth-order valence-corrected chi connectivity index (χ4v) is 2.79. The van der Waals surface area contributed by atoms with E-state index in [1.165, 1.54) is 0 Å². The molecule has 0 spiro atoms. The highest BCUT2D eigenvalue weighted by Crippen LogP contribution is 2.26. The lowest BCUT2D eigenvalue weighted by Crippen LogP contribution is -2.39. The van der Waals surface area contributed by atoms with E-state index >= 15 is 0 Å². The fraction of sp³-hybridized carbons (Fsp3) is 0.429. The van der Waals surface area contributed by atoms with E-state index < -0.39 is 0 Å². The monoisotopic (exact) mass is 298 g/mol. The molecule has 3 nitrogen and oxygen atoms in total. The fourth-order valence-electron chi connectivity index (χ4n) is 2.46. The summed E-state index contributed by atoms with van der Waals surface area (Å²) in [5.74, 6) is -0.167. The van der Waals surface area contributed by atoms with Crippen LogP contribution in [0, 0.1) is 0 Å². The van der Waals surface area contributed by atoms with Crippen LogP contribution in [0.3, 0.4) is 0 Å². The highest BCUT2D eigenvalue weighted by atomic mass is 35.5. The summed E-state index contributed by atoms with van der Waals surface area (Å²) in [6.07, 6.45) is 6.09. The molecule has 1 aliphatic rings. The second kappa shape index (κ2) is 6.40. The van der Waals surface area contributed by atoms with Gasteiger partial charge in [-0.25, -0.2) is 4.98 Å². The van der Waals surface area contributed by atoms with Crippen LogP contribution >= 0.6 is 23.2 Å². The highest BCUT2D eigenvalue weighted by molar-refractivity contribution is 6.34. The molecule has 5 heteroatoms. The number of carbonyl (C=O) groups is 1. The van der Waals surface area contributed by atoms with E-state index in [1.807, 2.05) is 0 Å². The van der Waals surface area contributed by atoms with E-state index in [9.17, 15) is 4.79 Å². The van der Waals surface area contributed by atoms with Crippen LogP contribution in [0.15, 0.2) is 24.8 Å². The number of hydrogen-bond donors (Lipinski definition) is 0. The molecule has 1 fully saturated rings. The number of carbonyl (C=O) groups excluding carboxylic acids is 1. The normalized spacial score (nSPS) is 15.5. The van der Waals surface area contributed by atoms with E-state index in [4.69, 9.17) is 23.2 Å². The quantitative estimate of drug-likeness (QED) is 0.623. The van der Waals surface area contributed by atoms with Gasteiger partial charge in [-0.05, 0) is 25.0 Å². The maximum absolute atomic E-state index is 12.6. The van der Waals surface area contributed by atoms with Crippen LogP contribution in [0.1, 0.15) is 36.2 Å². The van der Waals surface area contributed by atoms with Crippen molar-refractivity contribution >= 4 is 29.1 Å². The lowest BCUT2D eigenvalue weighted by molar-refractivity contribution is 0.0700. The standard InChI is InChI=1S/C14H16Cl2N2O/c1-2-9-18(10-5-3-4-6-10)14(19)13-11(15)7-8-12(16)17-13/h2,7-8,10H,1,3-6,9H2. The molecule has 19 heavy (non-hydrogen) atoms. The Hall–Kier alpha value is -1.06. The van der Waals surface area contributed by atoms with Gasteiger partial charge < -0.3 is 4.90 Å². The molecule has 102 valence electrons. The van der Waals surface area contributed by atoms with Crippen molar-refractivity contribution in [2.45, 2.75) is 31.7 Å². The third-order valence-electron chi connectivity index (χ3n) is 3.37. The average molecular weight is 299 g/mol. The SMILES string of the molecule is C=CCN(C(=O)c1nc(Cl)ccc1Cl)C1CCCC1. The Kier molecular flexibility index (Phi) is 4.83. The predicted octanol–water partition coefficient (Wildman–Crippen LogP) is 3.96. The summed E-state index contributed by atoms with van der Waals surface area (Å²) >= 11 is 11.9.